The standard InChI is InChI=1S/C37H32O4/c1-36(2)30-17-10-9-16-27(30)33-29-22-32(40-5)31(39-4)21-28(29)26-18-19-37(41-35(26)34(33)36,23-12-7-6-8-13-23)24-14-11-15-25(20-24)38-3/h6-22H,1-5H3. The van der Waals surface area contributed by atoms with Crippen LogP contribution < -0.4 is 18.9 Å². The number of methoxy groups -OCH3 is 3. The lowest BCUT2D eigenvalue weighted by molar-refractivity contribution is 0.158. The maximum Gasteiger partial charge on any atom is 0.178 e. The van der Waals surface area contributed by atoms with Gasteiger partial charge in [-0.2, -0.15) is 0 Å². The summed E-state index contributed by atoms with van der Waals surface area (Å²) in [6, 6.07) is 31.5. The smallest absolute Gasteiger partial charge is 0.178 e. The van der Waals surface area contributed by atoms with Gasteiger partial charge in [-0.25, -0.2) is 0 Å². The summed E-state index contributed by atoms with van der Waals surface area (Å²) in [5, 5.41) is 2.18. The largest absolute Gasteiger partial charge is 0.497 e. The van der Waals surface area contributed by atoms with Crippen LogP contribution in [-0.4, -0.2) is 21.3 Å². The van der Waals surface area contributed by atoms with Gasteiger partial charge < -0.3 is 18.9 Å². The van der Waals surface area contributed by atoms with Crippen molar-refractivity contribution in [3.63, 3.8) is 0 Å². The molecule has 1 aliphatic heterocycles. The molecular weight excluding hydrogens is 508 g/mol. The van der Waals surface area contributed by atoms with E-state index in [-0.39, 0.29) is 5.41 Å². The zero-order valence-electron chi connectivity index (χ0n) is 23.9. The second-order valence-electron chi connectivity index (χ2n) is 11.2. The fourth-order valence-corrected chi connectivity index (χ4v) is 6.75. The Morgan fingerprint density at radius 3 is 2.07 bits per heavy atom. The van der Waals surface area contributed by atoms with Crippen LogP contribution in [0, 0.1) is 0 Å². The highest BCUT2D eigenvalue weighted by Gasteiger charge is 2.45. The molecule has 0 fully saturated rings. The summed E-state index contributed by atoms with van der Waals surface area (Å²) in [5.41, 5.74) is 6.80. The highest BCUT2D eigenvalue weighted by atomic mass is 16.5. The number of fused-ring (bicyclic) bond motifs is 8. The normalized spacial score (nSPS) is 17.8. The fourth-order valence-electron chi connectivity index (χ4n) is 6.75. The molecular formula is C37H32O4. The third-order valence-electron chi connectivity index (χ3n) is 8.75. The van der Waals surface area contributed by atoms with Gasteiger partial charge in [0.05, 0.1) is 21.3 Å². The van der Waals surface area contributed by atoms with Crippen molar-refractivity contribution in [1.29, 1.82) is 0 Å². The van der Waals surface area contributed by atoms with E-state index in [1.807, 2.05) is 18.2 Å². The summed E-state index contributed by atoms with van der Waals surface area (Å²) in [4.78, 5) is 0. The van der Waals surface area contributed by atoms with Crippen molar-refractivity contribution in [3.8, 4) is 34.1 Å². The summed E-state index contributed by atoms with van der Waals surface area (Å²) < 4.78 is 24.6. The Hall–Kier alpha value is -4.70. The Morgan fingerprint density at radius 2 is 1.34 bits per heavy atom. The number of rotatable bonds is 5. The van der Waals surface area contributed by atoms with Crippen molar-refractivity contribution in [3.05, 3.63) is 125 Å². The summed E-state index contributed by atoms with van der Waals surface area (Å²) in [7, 11) is 5.06. The molecule has 2 aliphatic rings. The van der Waals surface area contributed by atoms with Crippen LogP contribution in [0.1, 0.15) is 41.7 Å². The van der Waals surface area contributed by atoms with Crippen LogP contribution in [0.4, 0.5) is 0 Å². The molecule has 0 amide bonds. The fraction of sp³-hybridized carbons (Fsp3) is 0.189. The van der Waals surface area contributed by atoms with E-state index < -0.39 is 5.60 Å². The van der Waals surface area contributed by atoms with Crippen molar-refractivity contribution in [2.24, 2.45) is 0 Å². The van der Waals surface area contributed by atoms with E-state index in [1.165, 1.54) is 22.3 Å². The third-order valence-corrected chi connectivity index (χ3v) is 8.75. The lowest BCUT2D eigenvalue weighted by Gasteiger charge is -2.39. The van der Waals surface area contributed by atoms with Gasteiger partial charge in [0.15, 0.2) is 17.1 Å². The lowest BCUT2D eigenvalue weighted by atomic mass is 9.78. The van der Waals surface area contributed by atoms with Gasteiger partial charge in [-0.1, -0.05) is 80.6 Å². The van der Waals surface area contributed by atoms with Crippen LogP contribution in [-0.2, 0) is 11.0 Å². The average molecular weight is 541 g/mol. The van der Waals surface area contributed by atoms with Gasteiger partial charge in [0.2, 0.25) is 0 Å². The van der Waals surface area contributed by atoms with Crippen LogP contribution in [0.25, 0.3) is 28.0 Å². The molecule has 5 aromatic rings. The topological polar surface area (TPSA) is 36.9 Å². The van der Waals surface area contributed by atoms with Gasteiger partial charge >= 0.3 is 0 Å². The summed E-state index contributed by atoms with van der Waals surface area (Å²) >= 11 is 0. The minimum Gasteiger partial charge on any atom is -0.497 e. The molecule has 1 atom stereocenters. The Balaban J connectivity index is 1.60. The van der Waals surface area contributed by atoms with E-state index in [0.717, 1.165) is 39.0 Å². The Kier molecular flexibility index (Phi) is 5.65. The molecule has 7 rings (SSSR count). The van der Waals surface area contributed by atoms with E-state index in [1.54, 1.807) is 21.3 Å². The first-order valence-corrected chi connectivity index (χ1v) is 13.9. The molecule has 0 spiro atoms. The minimum absolute atomic E-state index is 0.292. The van der Waals surface area contributed by atoms with Crippen molar-refractivity contribution in [2.75, 3.05) is 21.3 Å². The molecule has 0 bridgehead atoms. The van der Waals surface area contributed by atoms with E-state index >= 15 is 0 Å². The second-order valence-corrected chi connectivity index (χ2v) is 11.2. The van der Waals surface area contributed by atoms with E-state index in [0.29, 0.717) is 11.5 Å². The lowest BCUT2D eigenvalue weighted by Crippen LogP contribution is -2.35. The Labute approximate surface area is 240 Å². The molecule has 1 heterocycles. The molecule has 1 unspecified atom stereocenters. The monoisotopic (exact) mass is 540 g/mol. The van der Waals surface area contributed by atoms with Crippen LogP contribution in [0.2, 0.25) is 0 Å². The molecule has 0 saturated carbocycles. The molecule has 0 aromatic heterocycles. The highest BCUT2D eigenvalue weighted by Crippen LogP contribution is 2.59. The number of ether oxygens (including phenoxy) is 4. The molecule has 4 heteroatoms. The average Bonchev–Trinajstić information content (AvgIpc) is 3.27. The maximum absolute atomic E-state index is 7.42. The first-order valence-electron chi connectivity index (χ1n) is 13.9. The van der Waals surface area contributed by atoms with Crippen LogP contribution in [0.15, 0.2) is 97.1 Å². The predicted molar refractivity (Wildman–Crippen MR) is 164 cm³/mol. The van der Waals surface area contributed by atoms with Crippen molar-refractivity contribution >= 4 is 16.8 Å². The van der Waals surface area contributed by atoms with E-state index in [2.05, 4.69) is 98.8 Å². The molecule has 204 valence electrons. The SMILES string of the molecule is COc1cccc(C2(c3ccccc3)C=Cc3c(c4c(c5cc(OC)c(OC)cc35)-c3ccccc3C4(C)C)O2)c1. The zero-order valence-corrected chi connectivity index (χ0v) is 23.9. The van der Waals surface area contributed by atoms with Gasteiger partial charge in [0.1, 0.15) is 11.5 Å². The molecule has 4 nitrogen and oxygen atoms in total. The number of hydrogen-bond donors (Lipinski definition) is 0. The van der Waals surface area contributed by atoms with Gasteiger partial charge in [-0.15, -0.1) is 0 Å². The van der Waals surface area contributed by atoms with Crippen molar-refractivity contribution < 1.29 is 18.9 Å². The van der Waals surface area contributed by atoms with Crippen LogP contribution >= 0.6 is 0 Å². The van der Waals surface area contributed by atoms with Gasteiger partial charge in [0.25, 0.3) is 0 Å². The first kappa shape index (κ1) is 25.3. The van der Waals surface area contributed by atoms with Crippen LogP contribution in [0.3, 0.4) is 0 Å². The van der Waals surface area contributed by atoms with Crippen molar-refractivity contribution in [2.45, 2.75) is 24.9 Å². The zero-order chi connectivity index (χ0) is 28.4. The quantitative estimate of drug-likeness (QED) is 0.224. The minimum atomic E-state index is -0.855. The van der Waals surface area contributed by atoms with E-state index in [4.69, 9.17) is 18.9 Å². The molecule has 5 aromatic carbocycles. The molecule has 0 radical (unpaired) electrons. The maximum atomic E-state index is 7.42. The Bertz CT molecular complexity index is 1850. The second kappa shape index (κ2) is 9.17. The number of benzene rings is 5. The predicted octanol–water partition coefficient (Wildman–Crippen LogP) is 8.52. The molecule has 1 aliphatic carbocycles. The molecule has 41 heavy (non-hydrogen) atoms. The highest BCUT2D eigenvalue weighted by molar-refractivity contribution is 6.09. The van der Waals surface area contributed by atoms with Crippen LogP contribution in [0.5, 0.6) is 23.0 Å². The molecule has 0 N–H and O–H groups in total. The number of hydrogen-bond acceptors (Lipinski definition) is 4. The van der Waals surface area contributed by atoms with Gasteiger partial charge in [0, 0.05) is 27.7 Å². The summed E-state index contributed by atoms with van der Waals surface area (Å²) in [6.45, 7) is 4.59. The third kappa shape index (κ3) is 3.53. The van der Waals surface area contributed by atoms with Crippen molar-refractivity contribution in [1.82, 2.24) is 0 Å². The summed E-state index contributed by atoms with van der Waals surface area (Å²) in [5.74, 6) is 3.07. The van der Waals surface area contributed by atoms with E-state index in [9.17, 15) is 0 Å². The summed E-state index contributed by atoms with van der Waals surface area (Å²) in [6.07, 6.45) is 4.40. The molecule has 0 saturated heterocycles. The van der Waals surface area contributed by atoms with Gasteiger partial charge in [-0.05, 0) is 63.9 Å². The van der Waals surface area contributed by atoms with Gasteiger partial charge in [-0.3, -0.25) is 0 Å². The Morgan fingerprint density at radius 1 is 0.659 bits per heavy atom. The first-order chi connectivity index (χ1) is 19.9.